The fourth-order valence-corrected chi connectivity index (χ4v) is 13.2. The average molecular weight is 705 g/mol. The van der Waals surface area contributed by atoms with Gasteiger partial charge in [0.1, 0.15) is 11.6 Å². The summed E-state index contributed by atoms with van der Waals surface area (Å²) in [6, 6.07) is 69.4. The van der Waals surface area contributed by atoms with Gasteiger partial charge in [-0.3, -0.25) is 0 Å². The lowest BCUT2D eigenvalue weighted by atomic mass is 10.1. The Morgan fingerprint density at radius 2 is 0.642 bits per heavy atom. The molecule has 0 amide bonds. The molecule has 0 fully saturated rings. The molecule has 0 aliphatic carbocycles. The van der Waals surface area contributed by atoms with E-state index in [4.69, 9.17) is 0 Å². The molecular weight excluding hydrogens is 671 g/mol. The van der Waals surface area contributed by atoms with Gasteiger partial charge in [0.25, 0.3) is 0 Å². The molecule has 254 valence electrons. The molecule has 9 rings (SSSR count). The van der Waals surface area contributed by atoms with Crippen LogP contribution in [0.1, 0.15) is 0 Å². The molecule has 0 spiro atoms. The number of nitrogens with zero attached hydrogens (tertiary/aromatic N) is 2. The fourth-order valence-electron chi connectivity index (χ4n) is 8.01. The van der Waals surface area contributed by atoms with E-state index in [9.17, 15) is 8.78 Å². The number of fused-ring (bicyclic) bond motifs is 3. The van der Waals surface area contributed by atoms with E-state index in [0.717, 1.165) is 34.1 Å². The van der Waals surface area contributed by atoms with Crippen LogP contribution in [0.15, 0.2) is 206 Å². The zero-order valence-corrected chi connectivity index (χ0v) is 29.8. The van der Waals surface area contributed by atoms with Gasteiger partial charge in [-0.15, -0.1) is 0 Å². The van der Waals surface area contributed by atoms with E-state index in [2.05, 4.69) is 131 Å². The second kappa shape index (κ2) is 13.5. The van der Waals surface area contributed by atoms with Gasteiger partial charge in [-0.2, -0.15) is 0 Å². The standard InChI is InChI=1S/C48H34F2N2Si/c49-35-25-29-39(30-26-35)51(37-13-3-1-4-14-37)41-17-11-19-43(33-41)53(47-23-9-7-21-45(47)46-22-8-10-24-48(46)53)44-20-12-18-42(34-44)52(38-15-5-2-6-16-38)40-31-27-36(50)28-32-40/h1-34H. The van der Waals surface area contributed by atoms with Crippen molar-refractivity contribution in [1.82, 2.24) is 0 Å². The van der Waals surface area contributed by atoms with Crippen molar-refractivity contribution < 1.29 is 8.78 Å². The topological polar surface area (TPSA) is 6.48 Å². The Bertz CT molecular complexity index is 2360. The zero-order chi connectivity index (χ0) is 35.8. The number of rotatable bonds is 8. The van der Waals surface area contributed by atoms with E-state index in [1.165, 1.54) is 56.1 Å². The van der Waals surface area contributed by atoms with Crippen molar-refractivity contribution in [2.45, 2.75) is 0 Å². The smallest absolute Gasteiger partial charge is 0.181 e. The molecule has 8 aromatic rings. The van der Waals surface area contributed by atoms with Gasteiger partial charge in [0, 0.05) is 34.1 Å². The Morgan fingerprint density at radius 3 is 1.06 bits per heavy atom. The third-order valence-corrected chi connectivity index (χ3v) is 15.1. The number of anilines is 6. The fraction of sp³-hybridized carbons (Fsp3) is 0. The van der Waals surface area contributed by atoms with Crippen LogP contribution in [-0.2, 0) is 0 Å². The molecule has 1 aliphatic heterocycles. The van der Waals surface area contributed by atoms with Gasteiger partial charge in [-0.05, 0) is 129 Å². The summed E-state index contributed by atoms with van der Waals surface area (Å²) in [5.41, 5.74) is 8.20. The highest BCUT2D eigenvalue weighted by molar-refractivity contribution is 7.22. The third-order valence-electron chi connectivity index (χ3n) is 10.2. The maximum Gasteiger partial charge on any atom is 0.181 e. The first-order valence-electron chi connectivity index (χ1n) is 17.7. The Hall–Kier alpha value is -6.56. The van der Waals surface area contributed by atoms with Gasteiger partial charge in [-0.1, -0.05) is 109 Å². The van der Waals surface area contributed by atoms with Crippen molar-refractivity contribution in [2.24, 2.45) is 0 Å². The molecule has 5 heteroatoms. The van der Waals surface area contributed by atoms with Crippen LogP contribution in [0.5, 0.6) is 0 Å². The summed E-state index contributed by atoms with van der Waals surface area (Å²) < 4.78 is 28.5. The van der Waals surface area contributed by atoms with Gasteiger partial charge in [-0.25, -0.2) is 8.78 Å². The highest BCUT2D eigenvalue weighted by Crippen LogP contribution is 2.37. The second-order valence-electron chi connectivity index (χ2n) is 13.2. The summed E-state index contributed by atoms with van der Waals surface area (Å²) >= 11 is 0. The summed E-state index contributed by atoms with van der Waals surface area (Å²) in [5.74, 6) is -0.544. The maximum absolute atomic E-state index is 14.2. The van der Waals surface area contributed by atoms with Gasteiger partial charge in [0.05, 0.1) is 0 Å². The lowest BCUT2D eigenvalue weighted by Crippen LogP contribution is -2.72. The summed E-state index contributed by atoms with van der Waals surface area (Å²) in [4.78, 5) is 4.39. The summed E-state index contributed by atoms with van der Waals surface area (Å²) in [5, 5.41) is 5.13. The lowest BCUT2D eigenvalue weighted by Gasteiger charge is -2.34. The van der Waals surface area contributed by atoms with Gasteiger partial charge in [0.2, 0.25) is 0 Å². The minimum atomic E-state index is -2.98. The van der Waals surface area contributed by atoms with Crippen molar-refractivity contribution in [2.75, 3.05) is 9.80 Å². The Morgan fingerprint density at radius 1 is 0.302 bits per heavy atom. The molecule has 8 aromatic carbocycles. The lowest BCUT2D eigenvalue weighted by molar-refractivity contribution is 0.627. The van der Waals surface area contributed by atoms with E-state index < -0.39 is 8.07 Å². The van der Waals surface area contributed by atoms with Crippen LogP contribution in [0, 0.1) is 11.6 Å². The van der Waals surface area contributed by atoms with E-state index in [-0.39, 0.29) is 11.6 Å². The molecule has 1 aliphatic rings. The van der Waals surface area contributed by atoms with Gasteiger partial charge >= 0.3 is 0 Å². The van der Waals surface area contributed by atoms with Crippen LogP contribution in [0.4, 0.5) is 42.9 Å². The molecule has 0 N–H and O–H groups in total. The van der Waals surface area contributed by atoms with E-state index in [1.54, 1.807) is 0 Å². The minimum absolute atomic E-state index is 0.272. The van der Waals surface area contributed by atoms with Crippen LogP contribution in [-0.4, -0.2) is 8.07 Å². The number of hydrogen-bond donors (Lipinski definition) is 0. The monoisotopic (exact) mass is 704 g/mol. The number of benzene rings is 8. The average Bonchev–Trinajstić information content (AvgIpc) is 3.52. The Balaban J connectivity index is 1.30. The first-order valence-corrected chi connectivity index (χ1v) is 19.7. The van der Waals surface area contributed by atoms with Crippen molar-refractivity contribution in [3.05, 3.63) is 218 Å². The molecule has 1 heterocycles. The highest BCUT2D eigenvalue weighted by atomic mass is 28.3. The van der Waals surface area contributed by atoms with Crippen LogP contribution in [0.3, 0.4) is 0 Å². The second-order valence-corrected chi connectivity index (χ2v) is 17.0. The summed E-state index contributed by atoms with van der Waals surface area (Å²) in [6.07, 6.45) is 0. The van der Waals surface area contributed by atoms with Crippen LogP contribution < -0.4 is 30.5 Å². The first kappa shape index (κ1) is 32.4. The van der Waals surface area contributed by atoms with Crippen LogP contribution in [0.25, 0.3) is 11.1 Å². The molecule has 0 atom stereocenters. The van der Waals surface area contributed by atoms with Crippen LogP contribution in [0.2, 0.25) is 0 Å². The van der Waals surface area contributed by atoms with Crippen LogP contribution >= 0.6 is 0 Å². The normalized spacial score (nSPS) is 12.5. The quantitative estimate of drug-likeness (QED) is 0.145. The third kappa shape index (κ3) is 5.63. The van der Waals surface area contributed by atoms with Crippen molar-refractivity contribution in [1.29, 1.82) is 0 Å². The number of hydrogen-bond acceptors (Lipinski definition) is 2. The minimum Gasteiger partial charge on any atom is -0.311 e. The van der Waals surface area contributed by atoms with Crippen molar-refractivity contribution >= 4 is 62.9 Å². The van der Waals surface area contributed by atoms with E-state index in [0.29, 0.717) is 0 Å². The molecule has 53 heavy (non-hydrogen) atoms. The van der Waals surface area contributed by atoms with E-state index in [1.807, 2.05) is 60.7 Å². The maximum atomic E-state index is 14.2. The van der Waals surface area contributed by atoms with E-state index >= 15 is 0 Å². The summed E-state index contributed by atoms with van der Waals surface area (Å²) in [7, 11) is -2.98. The number of halogens is 2. The predicted molar refractivity (Wildman–Crippen MR) is 218 cm³/mol. The predicted octanol–water partition coefficient (Wildman–Crippen LogP) is 10.3. The number of para-hydroxylation sites is 2. The molecule has 0 unspecified atom stereocenters. The molecule has 0 radical (unpaired) electrons. The zero-order valence-electron chi connectivity index (χ0n) is 28.8. The molecule has 0 bridgehead atoms. The molecule has 2 nitrogen and oxygen atoms in total. The van der Waals surface area contributed by atoms with Crippen molar-refractivity contribution in [3.8, 4) is 11.1 Å². The molecular formula is C48H34F2N2Si. The summed E-state index contributed by atoms with van der Waals surface area (Å²) in [6.45, 7) is 0. The molecule has 0 saturated carbocycles. The van der Waals surface area contributed by atoms with Gasteiger partial charge in [0.15, 0.2) is 8.07 Å². The Kier molecular flexibility index (Phi) is 8.26. The largest absolute Gasteiger partial charge is 0.311 e. The van der Waals surface area contributed by atoms with Gasteiger partial charge < -0.3 is 9.80 Å². The van der Waals surface area contributed by atoms with Crippen molar-refractivity contribution in [3.63, 3.8) is 0 Å². The first-order chi connectivity index (χ1) is 26.1. The molecule has 0 saturated heterocycles. The molecule has 0 aromatic heterocycles. The SMILES string of the molecule is Fc1ccc(N(c2ccccc2)c2cccc([Si]3(c4cccc(N(c5ccccc5)c5ccc(F)cc5)c4)c4ccccc4-c4ccccc43)c2)cc1. The Labute approximate surface area is 309 Å². The highest BCUT2D eigenvalue weighted by Gasteiger charge is 2.49.